The Hall–Kier alpha value is -1.13. The predicted octanol–water partition coefficient (Wildman–Crippen LogP) is 2.38. The highest BCUT2D eigenvalue weighted by molar-refractivity contribution is 7.16. The minimum Gasteiger partial charge on any atom is -0.494 e. The molecule has 0 bridgehead atoms. The molecule has 0 saturated carbocycles. The lowest BCUT2D eigenvalue weighted by molar-refractivity contribution is 0.413. The van der Waals surface area contributed by atoms with Crippen LogP contribution in [0.5, 0.6) is 5.75 Å². The molecule has 2 aromatic rings. The van der Waals surface area contributed by atoms with Crippen molar-refractivity contribution in [3.05, 3.63) is 22.7 Å². The van der Waals surface area contributed by atoms with Crippen LogP contribution in [0.1, 0.15) is 11.1 Å². The van der Waals surface area contributed by atoms with Crippen LogP contribution in [-0.4, -0.2) is 25.7 Å². The number of rotatable bonds is 4. The van der Waals surface area contributed by atoms with Gasteiger partial charge in [0, 0.05) is 5.56 Å². The molecule has 2 rings (SSSR count). The molecule has 0 aliphatic carbocycles. The van der Waals surface area contributed by atoms with Gasteiger partial charge in [-0.3, -0.25) is 0 Å². The summed E-state index contributed by atoms with van der Waals surface area (Å²) < 4.78 is 6.71. The summed E-state index contributed by atoms with van der Waals surface area (Å²) in [5, 5.41) is 3.16. The molecule has 0 saturated heterocycles. The molecule has 0 spiro atoms. The zero-order valence-electron chi connectivity index (χ0n) is 9.83. The maximum absolute atomic E-state index is 5.51. The summed E-state index contributed by atoms with van der Waals surface area (Å²) in [5.74, 6) is 0.937. The van der Waals surface area contributed by atoms with E-state index in [4.69, 9.17) is 4.74 Å². The van der Waals surface area contributed by atoms with Crippen molar-refractivity contribution in [2.24, 2.45) is 0 Å². The Balaban J connectivity index is 2.55. The summed E-state index contributed by atoms with van der Waals surface area (Å²) in [4.78, 5) is 4.37. The van der Waals surface area contributed by atoms with Crippen molar-refractivity contribution in [2.75, 3.05) is 20.7 Å². The van der Waals surface area contributed by atoms with E-state index in [-0.39, 0.29) is 0 Å². The second-order valence-corrected chi connectivity index (χ2v) is 4.64. The van der Waals surface area contributed by atoms with Gasteiger partial charge in [0.05, 0.1) is 17.3 Å². The largest absolute Gasteiger partial charge is 0.494 e. The standard InChI is InChI=1S/C12H16N2OS/c1-8-6-10-11(14-7-16-10)12(15-3)9(8)4-5-13-2/h6-7,13H,4-5H2,1-3H3. The number of fused-ring (bicyclic) bond motifs is 1. The average Bonchev–Trinajstić information content (AvgIpc) is 2.73. The highest BCUT2D eigenvalue weighted by Crippen LogP contribution is 2.33. The summed E-state index contributed by atoms with van der Waals surface area (Å²) in [6.45, 7) is 3.08. The van der Waals surface area contributed by atoms with Gasteiger partial charge < -0.3 is 10.1 Å². The number of hydrogen-bond donors (Lipinski definition) is 1. The molecule has 4 heteroatoms. The molecule has 3 nitrogen and oxygen atoms in total. The Kier molecular flexibility index (Phi) is 3.41. The van der Waals surface area contributed by atoms with Gasteiger partial charge in [-0.15, -0.1) is 11.3 Å². The molecule has 0 aliphatic heterocycles. The first-order valence-electron chi connectivity index (χ1n) is 5.32. The Morgan fingerprint density at radius 2 is 2.31 bits per heavy atom. The number of thiazole rings is 1. The van der Waals surface area contributed by atoms with Crippen molar-refractivity contribution in [1.29, 1.82) is 0 Å². The molecule has 1 heterocycles. The van der Waals surface area contributed by atoms with Crippen molar-refractivity contribution < 1.29 is 4.74 Å². The predicted molar refractivity (Wildman–Crippen MR) is 68.5 cm³/mol. The van der Waals surface area contributed by atoms with E-state index in [1.165, 1.54) is 15.8 Å². The lowest BCUT2D eigenvalue weighted by atomic mass is 10.0. The third-order valence-corrected chi connectivity index (χ3v) is 3.51. The van der Waals surface area contributed by atoms with E-state index in [9.17, 15) is 0 Å². The van der Waals surface area contributed by atoms with E-state index in [1.807, 2.05) is 12.6 Å². The van der Waals surface area contributed by atoms with Crippen molar-refractivity contribution in [1.82, 2.24) is 10.3 Å². The van der Waals surface area contributed by atoms with Crippen LogP contribution in [0, 0.1) is 6.92 Å². The van der Waals surface area contributed by atoms with Gasteiger partial charge in [-0.25, -0.2) is 4.98 Å². The van der Waals surface area contributed by atoms with Gasteiger partial charge in [0.2, 0.25) is 0 Å². The van der Waals surface area contributed by atoms with Crippen LogP contribution >= 0.6 is 11.3 Å². The van der Waals surface area contributed by atoms with Crippen LogP contribution in [-0.2, 0) is 6.42 Å². The van der Waals surface area contributed by atoms with E-state index >= 15 is 0 Å². The molecule has 0 atom stereocenters. The fourth-order valence-electron chi connectivity index (χ4n) is 1.91. The monoisotopic (exact) mass is 236 g/mol. The lowest BCUT2D eigenvalue weighted by Crippen LogP contribution is -2.12. The topological polar surface area (TPSA) is 34.2 Å². The van der Waals surface area contributed by atoms with Crippen LogP contribution in [0.3, 0.4) is 0 Å². The minimum atomic E-state index is 0.937. The molecule has 0 aliphatic rings. The van der Waals surface area contributed by atoms with Crippen LogP contribution in [0.4, 0.5) is 0 Å². The van der Waals surface area contributed by atoms with Gasteiger partial charge in [-0.1, -0.05) is 0 Å². The van der Waals surface area contributed by atoms with Crippen LogP contribution in [0.15, 0.2) is 11.6 Å². The number of aromatic nitrogens is 1. The zero-order chi connectivity index (χ0) is 11.5. The fourth-order valence-corrected chi connectivity index (χ4v) is 2.69. The van der Waals surface area contributed by atoms with Crippen molar-refractivity contribution in [2.45, 2.75) is 13.3 Å². The molecular formula is C12H16N2OS. The molecule has 16 heavy (non-hydrogen) atoms. The molecule has 1 aromatic heterocycles. The average molecular weight is 236 g/mol. The van der Waals surface area contributed by atoms with Gasteiger partial charge in [0.15, 0.2) is 0 Å². The number of aryl methyl sites for hydroxylation is 1. The first kappa shape index (κ1) is 11.4. The number of benzene rings is 1. The number of nitrogens with zero attached hydrogens (tertiary/aromatic N) is 1. The fraction of sp³-hybridized carbons (Fsp3) is 0.417. The quantitative estimate of drug-likeness (QED) is 0.885. The summed E-state index contributed by atoms with van der Waals surface area (Å²) in [5.41, 5.74) is 5.40. The molecule has 86 valence electrons. The van der Waals surface area contributed by atoms with E-state index in [2.05, 4.69) is 23.3 Å². The molecular weight excluding hydrogens is 220 g/mol. The summed E-state index contributed by atoms with van der Waals surface area (Å²) in [6, 6.07) is 2.19. The van der Waals surface area contributed by atoms with Gasteiger partial charge in [-0.2, -0.15) is 0 Å². The number of ether oxygens (including phenoxy) is 1. The van der Waals surface area contributed by atoms with Crippen LogP contribution < -0.4 is 10.1 Å². The third-order valence-electron chi connectivity index (χ3n) is 2.74. The molecule has 0 radical (unpaired) electrons. The number of nitrogens with one attached hydrogen (secondary N) is 1. The first-order valence-corrected chi connectivity index (χ1v) is 6.20. The Labute approximate surface area is 99.5 Å². The van der Waals surface area contributed by atoms with E-state index in [0.29, 0.717) is 0 Å². The number of methoxy groups -OCH3 is 1. The van der Waals surface area contributed by atoms with Crippen LogP contribution in [0.25, 0.3) is 10.2 Å². The van der Waals surface area contributed by atoms with Crippen molar-refractivity contribution in [3.63, 3.8) is 0 Å². The van der Waals surface area contributed by atoms with E-state index < -0.39 is 0 Å². The van der Waals surface area contributed by atoms with Crippen molar-refractivity contribution in [3.8, 4) is 5.75 Å². The number of likely N-dealkylation sites (N-methyl/N-ethyl adjacent to an activating group) is 1. The minimum absolute atomic E-state index is 0.937. The first-order chi connectivity index (χ1) is 7.77. The van der Waals surface area contributed by atoms with E-state index in [1.54, 1.807) is 18.4 Å². The molecule has 0 unspecified atom stereocenters. The molecule has 0 fully saturated rings. The van der Waals surface area contributed by atoms with Gasteiger partial charge in [-0.05, 0) is 38.6 Å². The summed E-state index contributed by atoms with van der Waals surface area (Å²) in [6.07, 6.45) is 0.971. The second kappa shape index (κ2) is 4.80. The Morgan fingerprint density at radius 1 is 1.50 bits per heavy atom. The normalized spacial score (nSPS) is 10.9. The maximum atomic E-state index is 5.51. The maximum Gasteiger partial charge on any atom is 0.149 e. The smallest absolute Gasteiger partial charge is 0.149 e. The summed E-state index contributed by atoms with van der Waals surface area (Å²) in [7, 11) is 3.68. The van der Waals surface area contributed by atoms with E-state index in [0.717, 1.165) is 24.2 Å². The third kappa shape index (κ3) is 1.90. The van der Waals surface area contributed by atoms with Crippen molar-refractivity contribution >= 4 is 21.6 Å². The summed E-state index contributed by atoms with van der Waals surface area (Å²) >= 11 is 1.66. The van der Waals surface area contributed by atoms with Gasteiger partial charge >= 0.3 is 0 Å². The van der Waals surface area contributed by atoms with Crippen LogP contribution in [0.2, 0.25) is 0 Å². The zero-order valence-corrected chi connectivity index (χ0v) is 10.6. The highest BCUT2D eigenvalue weighted by Gasteiger charge is 2.13. The van der Waals surface area contributed by atoms with Gasteiger partial charge in [0.1, 0.15) is 11.3 Å². The lowest BCUT2D eigenvalue weighted by Gasteiger charge is -2.12. The molecule has 0 amide bonds. The highest BCUT2D eigenvalue weighted by atomic mass is 32.1. The van der Waals surface area contributed by atoms with Gasteiger partial charge in [0.25, 0.3) is 0 Å². The number of hydrogen-bond acceptors (Lipinski definition) is 4. The SMILES string of the molecule is CNCCc1c(C)cc2scnc2c1OC. The molecule has 1 N–H and O–H groups in total. The molecule has 1 aromatic carbocycles. The Bertz CT molecular complexity index is 493. The Morgan fingerprint density at radius 3 is 3.00 bits per heavy atom. The second-order valence-electron chi connectivity index (χ2n) is 3.76.